The van der Waals surface area contributed by atoms with Gasteiger partial charge in [-0.15, -0.1) is 0 Å². The van der Waals surface area contributed by atoms with Gasteiger partial charge >= 0.3 is 0 Å². The Morgan fingerprint density at radius 2 is 2.00 bits per heavy atom. The van der Waals surface area contributed by atoms with E-state index in [-0.39, 0.29) is 10.7 Å². The van der Waals surface area contributed by atoms with Crippen molar-refractivity contribution in [1.29, 1.82) is 0 Å². The zero-order chi connectivity index (χ0) is 10.8. The molecule has 0 spiro atoms. The third kappa shape index (κ3) is 2.14. The lowest BCUT2D eigenvalue weighted by Gasteiger charge is -2.03. The molecule has 3 N–H and O–H groups in total. The predicted octanol–water partition coefficient (Wildman–Crippen LogP) is 2.44. The van der Waals surface area contributed by atoms with Gasteiger partial charge in [0.05, 0.1) is 5.02 Å². The molecule has 2 aromatic rings. The average Bonchev–Trinajstić information content (AvgIpc) is 2.16. The number of anilines is 1. The summed E-state index contributed by atoms with van der Waals surface area (Å²) in [4.78, 5) is 10.6. The van der Waals surface area contributed by atoms with Crippen molar-refractivity contribution in [1.82, 2.24) is 15.0 Å². The number of nitrogens with one attached hydrogen (secondary N) is 1. The minimum Gasteiger partial charge on any atom is -0.369 e. The number of benzene rings is 1. The number of hydrogen-bond acceptors (Lipinski definition) is 4. The lowest BCUT2D eigenvalue weighted by molar-refractivity contribution is 1.05. The van der Waals surface area contributed by atoms with Crippen LogP contribution >= 0.6 is 23.8 Å². The monoisotopic (exact) mass is 238 g/mol. The van der Waals surface area contributed by atoms with Crippen molar-refractivity contribution in [2.24, 2.45) is 0 Å². The third-order valence-electron chi connectivity index (χ3n) is 1.80. The molecule has 0 bridgehead atoms. The standard InChI is InChI=1S/C9H7ClN4S/c10-6-4-2-1-3-5(6)7-12-8(11)14-9(15)13-7/h1-4H,(H3,11,12,13,14,15). The summed E-state index contributed by atoms with van der Waals surface area (Å²) in [5, 5.41) is 0.584. The highest BCUT2D eigenvalue weighted by Crippen LogP contribution is 2.24. The van der Waals surface area contributed by atoms with E-state index in [1.807, 2.05) is 18.2 Å². The van der Waals surface area contributed by atoms with Crippen LogP contribution in [0.5, 0.6) is 0 Å². The highest BCUT2D eigenvalue weighted by molar-refractivity contribution is 7.71. The lowest BCUT2D eigenvalue weighted by atomic mass is 10.2. The number of H-pyrrole nitrogens is 1. The van der Waals surface area contributed by atoms with Crippen LogP contribution in [0.3, 0.4) is 0 Å². The van der Waals surface area contributed by atoms with Gasteiger partial charge in [-0.25, -0.2) is 4.98 Å². The van der Waals surface area contributed by atoms with Crippen molar-refractivity contribution < 1.29 is 0 Å². The van der Waals surface area contributed by atoms with Crippen LogP contribution in [-0.4, -0.2) is 15.0 Å². The smallest absolute Gasteiger partial charge is 0.224 e. The van der Waals surface area contributed by atoms with Crippen molar-refractivity contribution in [2.45, 2.75) is 0 Å². The summed E-state index contributed by atoms with van der Waals surface area (Å²) in [6.45, 7) is 0. The maximum atomic E-state index is 6.01. The van der Waals surface area contributed by atoms with Crippen molar-refractivity contribution in [3.63, 3.8) is 0 Å². The van der Waals surface area contributed by atoms with Crippen LogP contribution in [0.25, 0.3) is 11.4 Å². The normalized spacial score (nSPS) is 10.2. The number of aromatic amines is 1. The summed E-state index contributed by atoms with van der Waals surface area (Å²) in [5.41, 5.74) is 6.28. The Hall–Kier alpha value is -1.46. The lowest BCUT2D eigenvalue weighted by Crippen LogP contribution is -1.99. The fourth-order valence-corrected chi connectivity index (χ4v) is 1.60. The first-order chi connectivity index (χ1) is 7.16. The van der Waals surface area contributed by atoms with E-state index in [0.717, 1.165) is 5.56 Å². The van der Waals surface area contributed by atoms with Gasteiger partial charge in [0.25, 0.3) is 0 Å². The molecule has 0 aliphatic heterocycles. The molecule has 1 heterocycles. The van der Waals surface area contributed by atoms with E-state index in [0.29, 0.717) is 10.8 Å². The molecule has 15 heavy (non-hydrogen) atoms. The zero-order valence-electron chi connectivity index (χ0n) is 7.57. The average molecular weight is 239 g/mol. The molecule has 0 saturated heterocycles. The Labute approximate surface area is 96.1 Å². The first-order valence-electron chi connectivity index (χ1n) is 4.15. The van der Waals surface area contributed by atoms with E-state index in [2.05, 4.69) is 15.0 Å². The second-order valence-corrected chi connectivity index (χ2v) is 3.62. The van der Waals surface area contributed by atoms with Gasteiger partial charge in [-0.1, -0.05) is 23.7 Å². The molecule has 0 saturated carbocycles. The van der Waals surface area contributed by atoms with Crippen LogP contribution in [0.1, 0.15) is 0 Å². The van der Waals surface area contributed by atoms with Crippen LogP contribution in [0.2, 0.25) is 5.02 Å². The van der Waals surface area contributed by atoms with E-state index in [4.69, 9.17) is 29.6 Å². The Morgan fingerprint density at radius 1 is 1.27 bits per heavy atom. The zero-order valence-corrected chi connectivity index (χ0v) is 9.14. The first-order valence-corrected chi connectivity index (χ1v) is 4.94. The van der Waals surface area contributed by atoms with Gasteiger partial charge in [-0.05, 0) is 24.4 Å². The van der Waals surface area contributed by atoms with E-state index in [1.165, 1.54) is 0 Å². The topological polar surface area (TPSA) is 67.6 Å². The SMILES string of the molecule is Nc1nc(=S)nc(-c2ccccc2Cl)[nH]1. The fraction of sp³-hybridized carbons (Fsp3) is 0. The van der Waals surface area contributed by atoms with Gasteiger partial charge in [0.15, 0.2) is 0 Å². The molecule has 76 valence electrons. The molecule has 6 heteroatoms. The number of aromatic nitrogens is 3. The number of nitrogens with zero attached hydrogens (tertiary/aromatic N) is 2. The second-order valence-electron chi connectivity index (χ2n) is 2.84. The summed E-state index contributed by atoms with van der Waals surface area (Å²) in [6.07, 6.45) is 0. The molecule has 0 unspecified atom stereocenters. The Kier molecular flexibility index (Phi) is 2.66. The maximum Gasteiger partial charge on any atom is 0.224 e. The molecule has 0 aliphatic carbocycles. The number of halogens is 1. The van der Waals surface area contributed by atoms with Crippen molar-refractivity contribution in [3.05, 3.63) is 34.1 Å². The van der Waals surface area contributed by atoms with Crippen LogP contribution in [-0.2, 0) is 0 Å². The summed E-state index contributed by atoms with van der Waals surface area (Å²) in [6, 6.07) is 7.29. The Bertz CT molecular complexity index is 552. The quantitative estimate of drug-likeness (QED) is 0.749. The minimum atomic E-state index is 0.196. The van der Waals surface area contributed by atoms with Crippen molar-refractivity contribution >= 4 is 29.8 Å². The highest BCUT2D eigenvalue weighted by Gasteiger charge is 2.05. The van der Waals surface area contributed by atoms with Gasteiger partial charge in [-0.3, -0.25) is 0 Å². The summed E-state index contributed by atoms with van der Waals surface area (Å²) < 4.78 is 0.196. The number of nitrogen functional groups attached to an aromatic ring is 1. The van der Waals surface area contributed by atoms with Crippen LogP contribution < -0.4 is 5.73 Å². The van der Waals surface area contributed by atoms with Gasteiger partial charge in [0, 0.05) is 5.56 Å². The van der Waals surface area contributed by atoms with E-state index in [9.17, 15) is 0 Å². The van der Waals surface area contributed by atoms with Crippen LogP contribution in [0, 0.1) is 4.77 Å². The molecule has 0 radical (unpaired) electrons. The molecule has 2 rings (SSSR count). The number of rotatable bonds is 1. The predicted molar refractivity (Wildman–Crippen MR) is 62.1 cm³/mol. The Morgan fingerprint density at radius 3 is 2.67 bits per heavy atom. The van der Waals surface area contributed by atoms with E-state index in [1.54, 1.807) is 6.07 Å². The maximum absolute atomic E-state index is 6.01. The molecule has 0 fully saturated rings. The summed E-state index contributed by atoms with van der Waals surface area (Å²) in [5.74, 6) is 0.753. The molecule has 0 atom stereocenters. The fourth-order valence-electron chi connectivity index (χ4n) is 1.18. The van der Waals surface area contributed by atoms with E-state index >= 15 is 0 Å². The molecule has 1 aromatic carbocycles. The second kappa shape index (κ2) is 3.96. The molecular formula is C9H7ClN4S. The van der Waals surface area contributed by atoms with E-state index < -0.39 is 0 Å². The summed E-state index contributed by atoms with van der Waals surface area (Å²) in [7, 11) is 0. The van der Waals surface area contributed by atoms with Gasteiger partial charge in [0.1, 0.15) is 5.82 Å². The molecule has 0 aliphatic rings. The molecule has 0 amide bonds. The van der Waals surface area contributed by atoms with Crippen molar-refractivity contribution in [2.75, 3.05) is 5.73 Å². The molecule has 4 nitrogen and oxygen atoms in total. The van der Waals surface area contributed by atoms with Gasteiger partial charge in [-0.2, -0.15) is 4.98 Å². The molecular weight excluding hydrogens is 232 g/mol. The van der Waals surface area contributed by atoms with Gasteiger partial charge in [0.2, 0.25) is 10.7 Å². The first kappa shape index (κ1) is 10.1. The highest BCUT2D eigenvalue weighted by atomic mass is 35.5. The molecule has 1 aromatic heterocycles. The minimum absolute atomic E-state index is 0.196. The summed E-state index contributed by atoms with van der Waals surface area (Å²) >= 11 is 10.9. The number of hydrogen-bond donors (Lipinski definition) is 2. The van der Waals surface area contributed by atoms with Crippen LogP contribution in [0.4, 0.5) is 5.95 Å². The largest absolute Gasteiger partial charge is 0.369 e. The third-order valence-corrected chi connectivity index (χ3v) is 2.31. The Balaban J connectivity index is 2.64. The van der Waals surface area contributed by atoms with Gasteiger partial charge < -0.3 is 10.7 Å². The van der Waals surface area contributed by atoms with Crippen LogP contribution in [0.15, 0.2) is 24.3 Å². The number of nitrogens with two attached hydrogens (primary N) is 1. The van der Waals surface area contributed by atoms with Crippen molar-refractivity contribution in [3.8, 4) is 11.4 Å².